The molecule has 0 aromatic rings. The summed E-state index contributed by atoms with van der Waals surface area (Å²) in [4.78, 5) is 36.2. The number of ketones is 1. The fourth-order valence-electron chi connectivity index (χ4n) is 8.59. The number of Topliss-reactive ketones (excluding diaryl/α,β-unsaturated/α-hetero) is 1. The van der Waals surface area contributed by atoms with Gasteiger partial charge in [-0.2, -0.15) is 0 Å². The number of aliphatic hydroxyl groups excluding tert-OH is 2. The first-order valence-corrected chi connectivity index (χ1v) is 16.9. The molecule has 0 saturated heterocycles. The van der Waals surface area contributed by atoms with Crippen molar-refractivity contribution in [1.82, 2.24) is 0 Å². The first-order chi connectivity index (χ1) is 19.4. The second kappa shape index (κ2) is 15.3. The molecule has 5 rings (SSSR count). The van der Waals surface area contributed by atoms with Crippen LogP contribution in [0.3, 0.4) is 0 Å². The van der Waals surface area contributed by atoms with Crippen molar-refractivity contribution in [2.24, 2.45) is 40.1 Å². The number of ether oxygens (including phenoxy) is 1. The van der Waals surface area contributed by atoms with Crippen molar-refractivity contribution in [2.75, 3.05) is 6.61 Å². The van der Waals surface area contributed by atoms with Gasteiger partial charge in [0.2, 0.25) is 0 Å². The van der Waals surface area contributed by atoms with Gasteiger partial charge in [-0.1, -0.05) is 57.6 Å². The molecule has 0 amide bonds. The molecule has 4 atom stereocenters. The Morgan fingerprint density at radius 2 is 1.77 bits per heavy atom. The minimum absolute atomic E-state index is 0.117. The topological polar surface area (TPSA) is 113 Å². The van der Waals surface area contributed by atoms with Crippen LogP contribution in [0, 0.1) is 40.4 Å². The van der Waals surface area contributed by atoms with Crippen LogP contribution in [0.15, 0.2) is 16.7 Å². The molecule has 4 bridgehead atoms. The fraction of sp³-hybridized carbons (Fsp3) is 0.875. The van der Waals surface area contributed by atoms with E-state index in [9.17, 15) is 24.7 Å². The lowest BCUT2D eigenvalue weighted by atomic mass is 9.51. The summed E-state index contributed by atoms with van der Waals surface area (Å²) in [6.45, 7) is 2.50. The van der Waals surface area contributed by atoms with Gasteiger partial charge < -0.3 is 14.9 Å². The predicted molar refractivity (Wildman–Crippen MR) is 158 cm³/mol. The van der Waals surface area contributed by atoms with Crippen LogP contribution >= 0.6 is 11.9 Å². The normalized spacial score (nSPS) is 35.5. The number of aliphatic hydroxyl groups is 2. The second-order valence-corrected chi connectivity index (χ2v) is 14.3. The van der Waals surface area contributed by atoms with Gasteiger partial charge in [-0.15, -0.1) is 4.91 Å². The Morgan fingerprint density at radius 1 is 1.07 bits per heavy atom. The van der Waals surface area contributed by atoms with Gasteiger partial charge >= 0.3 is 5.97 Å². The maximum atomic E-state index is 12.5. The third-order valence-corrected chi connectivity index (χ3v) is 11.8. The maximum Gasteiger partial charge on any atom is 0.305 e. The summed E-state index contributed by atoms with van der Waals surface area (Å²) in [6.07, 6.45) is 18.0. The molecule has 5 fully saturated rings. The molecular weight excluding hydrogens is 526 g/mol. The molecule has 8 heteroatoms. The number of unbranched alkanes of at least 4 members (excludes halogenated alkanes) is 5. The number of nitrogens with zero attached hydrogens (tertiary/aromatic N) is 1. The summed E-state index contributed by atoms with van der Waals surface area (Å²) in [5.41, 5.74) is 0. The van der Waals surface area contributed by atoms with Gasteiger partial charge in [0.25, 0.3) is 0 Å². The monoisotopic (exact) mass is 577 g/mol. The van der Waals surface area contributed by atoms with Crippen molar-refractivity contribution < 1.29 is 24.5 Å². The van der Waals surface area contributed by atoms with Gasteiger partial charge in [0.05, 0.1) is 23.6 Å². The molecule has 5 aliphatic carbocycles. The molecule has 5 saturated carbocycles. The minimum atomic E-state index is -0.662. The summed E-state index contributed by atoms with van der Waals surface area (Å²) in [7, 11) is 0. The van der Waals surface area contributed by atoms with Crippen LogP contribution < -0.4 is 0 Å². The molecule has 0 heterocycles. The molecule has 5 aliphatic rings. The number of carbonyl (C=O) groups is 2. The standard InChI is InChI=1S/C32H51NO6S/c1-2-3-6-9-26(34)12-13-28-27(29(35)21-30(28)36)10-7-4-5-8-11-31(37)39-15-14-32(40-33-38)24-17-22-16-23(19-24)20-25(32)18-22/h12-13,22-28,30,34,36H,2-11,14-21H2,1H3/b13-12+/t22?,23?,24?,25?,26-,27+,28+,30+,32?/m0/s1. The highest BCUT2D eigenvalue weighted by Crippen LogP contribution is 2.64. The Balaban J connectivity index is 1.10. The Kier molecular flexibility index (Phi) is 12.1. The van der Waals surface area contributed by atoms with Gasteiger partial charge in [0.15, 0.2) is 0 Å². The summed E-state index contributed by atoms with van der Waals surface area (Å²) in [6, 6.07) is 0. The van der Waals surface area contributed by atoms with Crippen molar-refractivity contribution in [2.45, 2.75) is 133 Å². The van der Waals surface area contributed by atoms with Crippen LogP contribution in [0.4, 0.5) is 0 Å². The first-order valence-electron chi connectivity index (χ1n) is 16.1. The van der Waals surface area contributed by atoms with E-state index in [4.69, 9.17) is 4.74 Å². The van der Waals surface area contributed by atoms with Crippen molar-refractivity contribution in [3.63, 3.8) is 0 Å². The zero-order valence-electron chi connectivity index (χ0n) is 24.4. The molecule has 226 valence electrons. The van der Waals surface area contributed by atoms with Crippen molar-refractivity contribution in [1.29, 1.82) is 0 Å². The van der Waals surface area contributed by atoms with E-state index in [1.54, 1.807) is 6.08 Å². The SMILES string of the molecule is CCCCC[C@H](O)/C=C/[C@H]1[C@H](O)CC(=O)[C@@H]1CCCCCCC(=O)OCCC1(SN=O)C2CC3CC(C2)CC1C3. The molecule has 7 nitrogen and oxygen atoms in total. The average Bonchev–Trinajstić information content (AvgIpc) is 3.19. The Hall–Kier alpha value is -1.25. The molecule has 2 N–H and O–H groups in total. The quantitative estimate of drug-likeness (QED) is 0.0597. The molecule has 0 aliphatic heterocycles. The van der Waals surface area contributed by atoms with Crippen LogP contribution in [0.1, 0.15) is 116 Å². The van der Waals surface area contributed by atoms with Gasteiger partial charge in [0.1, 0.15) is 5.78 Å². The van der Waals surface area contributed by atoms with Crippen molar-refractivity contribution in [3.05, 3.63) is 17.1 Å². The van der Waals surface area contributed by atoms with Crippen LogP contribution in [0.25, 0.3) is 0 Å². The fourth-order valence-corrected chi connectivity index (χ4v) is 9.58. The van der Waals surface area contributed by atoms with E-state index in [-0.39, 0.29) is 34.8 Å². The molecule has 0 spiro atoms. The van der Waals surface area contributed by atoms with E-state index in [0.29, 0.717) is 31.3 Å². The number of carbonyl (C=O) groups excluding carboxylic acids is 2. The Bertz CT molecular complexity index is 849. The van der Waals surface area contributed by atoms with Crippen LogP contribution in [-0.4, -0.2) is 45.5 Å². The third-order valence-electron chi connectivity index (χ3n) is 10.5. The predicted octanol–water partition coefficient (Wildman–Crippen LogP) is 6.93. The lowest BCUT2D eigenvalue weighted by Gasteiger charge is -2.59. The molecular formula is C32H51NO6S. The van der Waals surface area contributed by atoms with E-state index < -0.39 is 12.2 Å². The second-order valence-electron chi connectivity index (χ2n) is 13.2. The Labute approximate surface area is 244 Å². The highest BCUT2D eigenvalue weighted by molar-refractivity contribution is 7.99. The largest absolute Gasteiger partial charge is 0.466 e. The highest BCUT2D eigenvalue weighted by atomic mass is 32.2. The van der Waals surface area contributed by atoms with E-state index in [0.717, 1.165) is 69.6 Å². The zero-order chi connectivity index (χ0) is 28.5. The van der Waals surface area contributed by atoms with Crippen LogP contribution in [-0.2, 0) is 14.3 Å². The smallest absolute Gasteiger partial charge is 0.305 e. The van der Waals surface area contributed by atoms with E-state index >= 15 is 0 Å². The van der Waals surface area contributed by atoms with Crippen LogP contribution in [0.2, 0.25) is 0 Å². The lowest BCUT2D eigenvalue weighted by molar-refractivity contribution is -0.144. The van der Waals surface area contributed by atoms with E-state index in [1.807, 2.05) is 6.08 Å². The van der Waals surface area contributed by atoms with Crippen molar-refractivity contribution in [3.8, 4) is 0 Å². The highest BCUT2D eigenvalue weighted by Gasteiger charge is 2.58. The minimum Gasteiger partial charge on any atom is -0.466 e. The molecule has 0 aromatic carbocycles. The van der Waals surface area contributed by atoms with E-state index in [2.05, 4.69) is 11.5 Å². The molecule has 0 radical (unpaired) electrons. The number of hydrogen-bond donors (Lipinski definition) is 2. The van der Waals surface area contributed by atoms with Gasteiger partial charge in [-0.3, -0.25) is 9.59 Å². The van der Waals surface area contributed by atoms with Crippen LogP contribution in [0.5, 0.6) is 0 Å². The first kappa shape index (κ1) is 31.7. The third kappa shape index (κ3) is 7.97. The molecule has 0 unspecified atom stereocenters. The number of esters is 1. The maximum absolute atomic E-state index is 12.5. The number of rotatable bonds is 18. The van der Waals surface area contributed by atoms with Gasteiger partial charge in [-0.25, -0.2) is 0 Å². The van der Waals surface area contributed by atoms with Gasteiger partial charge in [-0.05, 0) is 81.5 Å². The number of hydrogen-bond acceptors (Lipinski definition) is 8. The zero-order valence-corrected chi connectivity index (χ0v) is 25.2. The molecule has 40 heavy (non-hydrogen) atoms. The molecule has 0 aromatic heterocycles. The summed E-state index contributed by atoms with van der Waals surface area (Å²) in [5, 5.41) is 20.6. The van der Waals surface area contributed by atoms with Crippen molar-refractivity contribution >= 4 is 23.7 Å². The summed E-state index contributed by atoms with van der Waals surface area (Å²) < 4.78 is 8.77. The average molecular weight is 578 g/mol. The summed E-state index contributed by atoms with van der Waals surface area (Å²) >= 11 is 1.23. The lowest BCUT2D eigenvalue weighted by Crippen LogP contribution is -2.56. The summed E-state index contributed by atoms with van der Waals surface area (Å²) in [5.74, 6) is 2.25. The number of nitroso groups, excluding NO2 is 1. The van der Waals surface area contributed by atoms with E-state index in [1.165, 1.54) is 44.1 Å². The van der Waals surface area contributed by atoms with Gasteiger partial charge in [0, 0.05) is 41.2 Å². The Morgan fingerprint density at radius 3 is 2.45 bits per heavy atom.